The Hall–Kier alpha value is -2.23. The minimum Gasteiger partial charge on any atom is -0.337 e. The second kappa shape index (κ2) is 5.82. The molecule has 0 atom stereocenters. The molecule has 0 aliphatic carbocycles. The minimum atomic E-state index is -0.740. The molecule has 2 nitrogen and oxygen atoms in total. The zero-order chi connectivity index (χ0) is 14.7. The van der Waals surface area contributed by atoms with Crippen molar-refractivity contribution in [3.8, 4) is 0 Å². The molecule has 0 radical (unpaired) electrons. The number of anilines is 2. The van der Waals surface area contributed by atoms with E-state index >= 15 is 0 Å². The standard InChI is InChI=1S/C16H15F2NO/c1-3-19(13-6-4-5-11(2)7-13)16-14(17)8-12(10-20)9-15(16)18/h4-10H,3H2,1-2H3. The van der Waals surface area contributed by atoms with Crippen molar-refractivity contribution in [2.75, 3.05) is 11.4 Å². The molecule has 0 unspecified atom stereocenters. The van der Waals surface area contributed by atoms with Crippen LogP contribution in [0.2, 0.25) is 0 Å². The highest BCUT2D eigenvalue weighted by molar-refractivity contribution is 5.77. The van der Waals surface area contributed by atoms with Crippen LogP contribution < -0.4 is 4.90 Å². The largest absolute Gasteiger partial charge is 0.337 e. The fraction of sp³-hybridized carbons (Fsp3) is 0.188. The van der Waals surface area contributed by atoms with Crippen molar-refractivity contribution < 1.29 is 13.6 Å². The van der Waals surface area contributed by atoms with Crippen molar-refractivity contribution in [2.24, 2.45) is 0 Å². The van der Waals surface area contributed by atoms with Crippen LogP contribution in [0.3, 0.4) is 0 Å². The minimum absolute atomic E-state index is 0.0101. The summed E-state index contributed by atoms with van der Waals surface area (Å²) in [4.78, 5) is 12.2. The molecule has 0 bridgehead atoms. The van der Waals surface area contributed by atoms with Gasteiger partial charge in [0.15, 0.2) is 11.6 Å². The molecule has 0 aromatic heterocycles. The van der Waals surface area contributed by atoms with Gasteiger partial charge in [-0.15, -0.1) is 0 Å². The highest BCUT2D eigenvalue weighted by Gasteiger charge is 2.18. The maximum atomic E-state index is 14.1. The lowest BCUT2D eigenvalue weighted by molar-refractivity contribution is 0.112. The molecule has 0 aliphatic heterocycles. The molecule has 0 aliphatic rings. The third-order valence-electron chi connectivity index (χ3n) is 3.07. The van der Waals surface area contributed by atoms with E-state index in [1.807, 2.05) is 32.0 Å². The molecule has 4 heteroatoms. The van der Waals surface area contributed by atoms with Gasteiger partial charge in [0, 0.05) is 17.8 Å². The van der Waals surface area contributed by atoms with Crippen LogP contribution in [0, 0.1) is 18.6 Å². The van der Waals surface area contributed by atoms with E-state index in [4.69, 9.17) is 0 Å². The SMILES string of the molecule is CCN(c1cccc(C)c1)c1c(F)cc(C=O)cc1F. The summed E-state index contributed by atoms with van der Waals surface area (Å²) in [6.45, 7) is 4.14. The van der Waals surface area contributed by atoms with E-state index in [9.17, 15) is 13.6 Å². The van der Waals surface area contributed by atoms with Crippen molar-refractivity contribution >= 4 is 17.7 Å². The van der Waals surface area contributed by atoms with Crippen LogP contribution in [0.4, 0.5) is 20.2 Å². The molecule has 0 heterocycles. The van der Waals surface area contributed by atoms with Gasteiger partial charge in [-0.25, -0.2) is 8.78 Å². The Morgan fingerprint density at radius 2 is 1.80 bits per heavy atom. The normalized spacial score (nSPS) is 10.4. The van der Waals surface area contributed by atoms with Crippen molar-refractivity contribution in [1.29, 1.82) is 0 Å². The van der Waals surface area contributed by atoms with Crippen molar-refractivity contribution in [3.05, 3.63) is 59.2 Å². The van der Waals surface area contributed by atoms with Crippen molar-refractivity contribution in [3.63, 3.8) is 0 Å². The molecular weight excluding hydrogens is 260 g/mol. The first-order valence-corrected chi connectivity index (χ1v) is 6.35. The predicted octanol–water partition coefficient (Wildman–Crippen LogP) is 4.24. The molecule has 0 fully saturated rings. The molecule has 0 saturated carbocycles. The first-order valence-electron chi connectivity index (χ1n) is 6.35. The van der Waals surface area contributed by atoms with Gasteiger partial charge in [0.05, 0.1) is 0 Å². The lowest BCUT2D eigenvalue weighted by Crippen LogP contribution is -2.19. The molecule has 104 valence electrons. The maximum Gasteiger partial charge on any atom is 0.150 e. The van der Waals surface area contributed by atoms with Gasteiger partial charge in [0.25, 0.3) is 0 Å². The van der Waals surface area contributed by atoms with Crippen LogP contribution in [-0.4, -0.2) is 12.8 Å². The molecular formula is C16H15F2NO. The number of hydrogen-bond donors (Lipinski definition) is 0. The summed E-state index contributed by atoms with van der Waals surface area (Å²) in [5.74, 6) is -1.48. The van der Waals surface area contributed by atoms with E-state index in [2.05, 4.69) is 0 Å². The van der Waals surface area contributed by atoms with E-state index in [-0.39, 0.29) is 11.3 Å². The molecule has 2 aromatic rings. The number of rotatable bonds is 4. The number of carbonyl (C=O) groups excluding carboxylic acids is 1. The number of benzene rings is 2. The van der Waals surface area contributed by atoms with Gasteiger partial charge in [-0.05, 0) is 43.7 Å². The monoisotopic (exact) mass is 275 g/mol. The second-order valence-electron chi connectivity index (χ2n) is 4.53. The van der Waals surface area contributed by atoms with Crippen LogP contribution in [-0.2, 0) is 0 Å². The quantitative estimate of drug-likeness (QED) is 0.778. The number of nitrogens with zero attached hydrogens (tertiary/aromatic N) is 1. The maximum absolute atomic E-state index is 14.1. The third-order valence-corrected chi connectivity index (χ3v) is 3.07. The second-order valence-corrected chi connectivity index (χ2v) is 4.53. The van der Waals surface area contributed by atoms with Gasteiger partial charge in [-0.3, -0.25) is 4.79 Å². The Kier molecular flexibility index (Phi) is 4.13. The van der Waals surface area contributed by atoms with Gasteiger partial charge >= 0.3 is 0 Å². The van der Waals surface area contributed by atoms with Crippen molar-refractivity contribution in [2.45, 2.75) is 13.8 Å². The van der Waals surface area contributed by atoms with E-state index in [1.54, 1.807) is 11.0 Å². The van der Waals surface area contributed by atoms with Gasteiger partial charge in [0.1, 0.15) is 12.0 Å². The first-order chi connectivity index (χ1) is 9.56. The summed E-state index contributed by atoms with van der Waals surface area (Å²) in [7, 11) is 0. The van der Waals surface area contributed by atoms with Gasteiger partial charge in [-0.2, -0.15) is 0 Å². The number of aryl methyl sites for hydroxylation is 1. The summed E-state index contributed by atoms with van der Waals surface area (Å²) in [5.41, 5.74) is 1.57. The molecule has 0 N–H and O–H groups in total. The molecule has 0 saturated heterocycles. The van der Waals surface area contributed by atoms with E-state index in [0.717, 1.165) is 17.7 Å². The molecule has 2 aromatic carbocycles. The average molecular weight is 275 g/mol. The van der Waals surface area contributed by atoms with Crippen molar-refractivity contribution in [1.82, 2.24) is 0 Å². The Labute approximate surface area is 116 Å². The predicted molar refractivity (Wildman–Crippen MR) is 75.6 cm³/mol. The summed E-state index contributed by atoms with van der Waals surface area (Å²) >= 11 is 0. The Balaban J connectivity index is 2.55. The average Bonchev–Trinajstić information content (AvgIpc) is 2.42. The summed E-state index contributed by atoms with van der Waals surface area (Å²) in [6, 6.07) is 9.50. The molecule has 0 amide bonds. The van der Waals surface area contributed by atoms with E-state index in [0.29, 0.717) is 18.5 Å². The fourth-order valence-electron chi connectivity index (χ4n) is 2.18. The molecule has 20 heavy (non-hydrogen) atoms. The van der Waals surface area contributed by atoms with Crippen LogP contribution in [0.5, 0.6) is 0 Å². The van der Waals surface area contributed by atoms with Crippen LogP contribution in [0.1, 0.15) is 22.8 Å². The summed E-state index contributed by atoms with van der Waals surface area (Å²) < 4.78 is 28.2. The lowest BCUT2D eigenvalue weighted by Gasteiger charge is -2.24. The smallest absolute Gasteiger partial charge is 0.150 e. The first kappa shape index (κ1) is 14.2. The third kappa shape index (κ3) is 2.69. The highest BCUT2D eigenvalue weighted by atomic mass is 19.1. The summed E-state index contributed by atoms with van der Waals surface area (Å²) in [5, 5.41) is 0. The van der Waals surface area contributed by atoms with E-state index < -0.39 is 11.6 Å². The topological polar surface area (TPSA) is 20.3 Å². The van der Waals surface area contributed by atoms with Gasteiger partial charge in [0.2, 0.25) is 0 Å². The lowest BCUT2D eigenvalue weighted by atomic mass is 10.1. The zero-order valence-electron chi connectivity index (χ0n) is 11.4. The molecule has 2 rings (SSSR count). The van der Waals surface area contributed by atoms with Crippen LogP contribution in [0.15, 0.2) is 36.4 Å². The number of carbonyl (C=O) groups is 1. The Morgan fingerprint density at radius 1 is 1.15 bits per heavy atom. The van der Waals surface area contributed by atoms with Crippen LogP contribution in [0.25, 0.3) is 0 Å². The molecule has 0 spiro atoms. The van der Waals surface area contributed by atoms with Gasteiger partial charge in [-0.1, -0.05) is 12.1 Å². The number of hydrogen-bond acceptors (Lipinski definition) is 2. The van der Waals surface area contributed by atoms with E-state index in [1.165, 1.54) is 0 Å². The fourth-order valence-corrected chi connectivity index (χ4v) is 2.18. The zero-order valence-corrected chi connectivity index (χ0v) is 11.4. The Bertz CT molecular complexity index is 617. The number of halogens is 2. The number of aldehydes is 1. The summed E-state index contributed by atoms with van der Waals surface area (Å²) in [6.07, 6.45) is 0.429. The van der Waals surface area contributed by atoms with Gasteiger partial charge < -0.3 is 4.90 Å². The highest BCUT2D eigenvalue weighted by Crippen LogP contribution is 2.31. The van der Waals surface area contributed by atoms with Crippen LogP contribution >= 0.6 is 0 Å². The Morgan fingerprint density at radius 3 is 2.30 bits per heavy atom.